The lowest BCUT2D eigenvalue weighted by molar-refractivity contribution is -0.275. The number of pyridine rings is 1. The summed E-state index contributed by atoms with van der Waals surface area (Å²) in [6.45, 7) is 1.04. The highest BCUT2D eigenvalue weighted by Gasteiger charge is 2.40. The van der Waals surface area contributed by atoms with E-state index in [9.17, 15) is 26.3 Å². The van der Waals surface area contributed by atoms with E-state index in [1.165, 1.54) is 0 Å². The molecule has 96 valence electrons. The fourth-order valence-corrected chi connectivity index (χ4v) is 1.04. The third-order valence-electron chi connectivity index (χ3n) is 1.58. The van der Waals surface area contributed by atoms with Crippen LogP contribution in [0, 0.1) is 6.92 Å². The Morgan fingerprint density at radius 2 is 1.71 bits per heavy atom. The van der Waals surface area contributed by atoms with Crippen LogP contribution in [-0.4, -0.2) is 16.5 Å². The van der Waals surface area contributed by atoms with Gasteiger partial charge < -0.3 is 9.84 Å². The summed E-state index contributed by atoms with van der Waals surface area (Å²) in [5.41, 5.74) is -2.19. The maximum absolute atomic E-state index is 12.3. The van der Waals surface area contributed by atoms with Crippen molar-refractivity contribution in [1.82, 2.24) is 4.98 Å². The summed E-state index contributed by atoms with van der Waals surface area (Å²) in [7, 11) is 0. The van der Waals surface area contributed by atoms with E-state index in [1.54, 1.807) is 0 Å². The molecular weight excluding hydrogens is 256 g/mol. The van der Waals surface area contributed by atoms with E-state index < -0.39 is 29.7 Å². The molecule has 0 unspecified atom stereocenters. The number of hydrogen-bond donors (Lipinski definition) is 1. The van der Waals surface area contributed by atoms with E-state index in [1.807, 2.05) is 0 Å². The number of aromatic hydroxyl groups is 1. The minimum absolute atomic E-state index is 0.366. The minimum Gasteiger partial charge on any atom is -0.503 e. The largest absolute Gasteiger partial charge is 0.573 e. The Balaban J connectivity index is 3.29. The summed E-state index contributed by atoms with van der Waals surface area (Å²) in [6.07, 6.45) is -10.3. The zero-order chi connectivity index (χ0) is 13.4. The van der Waals surface area contributed by atoms with Crippen molar-refractivity contribution in [1.29, 1.82) is 0 Å². The van der Waals surface area contributed by atoms with Crippen molar-refractivity contribution in [3.05, 3.63) is 17.5 Å². The number of aromatic nitrogens is 1. The van der Waals surface area contributed by atoms with E-state index >= 15 is 0 Å². The number of ether oxygens (including phenoxy) is 1. The minimum atomic E-state index is -5.20. The summed E-state index contributed by atoms with van der Waals surface area (Å²) in [4.78, 5) is 2.91. The van der Waals surface area contributed by atoms with Crippen molar-refractivity contribution in [2.75, 3.05) is 0 Å². The SMILES string of the molecule is Cc1cc(OC(F)(F)F)c(O)c(C(F)(F)F)n1. The predicted molar refractivity (Wildman–Crippen MR) is 42.3 cm³/mol. The molecule has 1 N–H and O–H groups in total. The van der Waals surface area contributed by atoms with Crippen molar-refractivity contribution in [2.24, 2.45) is 0 Å². The van der Waals surface area contributed by atoms with Gasteiger partial charge in [0.15, 0.2) is 17.2 Å². The van der Waals surface area contributed by atoms with Gasteiger partial charge in [0.05, 0.1) is 0 Å². The van der Waals surface area contributed by atoms with Crippen LogP contribution in [0.5, 0.6) is 11.5 Å². The van der Waals surface area contributed by atoms with Crippen LogP contribution in [0.25, 0.3) is 0 Å². The number of rotatable bonds is 1. The first-order valence-electron chi connectivity index (χ1n) is 4.04. The van der Waals surface area contributed by atoms with Gasteiger partial charge in [-0.15, -0.1) is 13.2 Å². The first-order valence-corrected chi connectivity index (χ1v) is 4.04. The van der Waals surface area contributed by atoms with Crippen molar-refractivity contribution in [3.8, 4) is 11.5 Å². The van der Waals surface area contributed by atoms with Gasteiger partial charge in [-0.1, -0.05) is 0 Å². The number of nitrogens with zero attached hydrogens (tertiary/aromatic N) is 1. The zero-order valence-corrected chi connectivity index (χ0v) is 8.15. The molecule has 0 saturated carbocycles. The monoisotopic (exact) mass is 261 g/mol. The Hall–Kier alpha value is -1.67. The third-order valence-corrected chi connectivity index (χ3v) is 1.58. The molecule has 1 rings (SSSR count). The van der Waals surface area contributed by atoms with Crippen LogP contribution in [0.4, 0.5) is 26.3 Å². The van der Waals surface area contributed by atoms with Crippen LogP contribution in [0.2, 0.25) is 0 Å². The van der Waals surface area contributed by atoms with Gasteiger partial charge in [-0.25, -0.2) is 4.98 Å². The maximum Gasteiger partial charge on any atom is 0.573 e. The topological polar surface area (TPSA) is 42.4 Å². The quantitative estimate of drug-likeness (QED) is 0.790. The van der Waals surface area contributed by atoms with Gasteiger partial charge in [-0.3, -0.25) is 0 Å². The van der Waals surface area contributed by atoms with Gasteiger partial charge in [0.1, 0.15) is 0 Å². The molecule has 0 bridgehead atoms. The highest BCUT2D eigenvalue weighted by molar-refractivity contribution is 5.44. The van der Waals surface area contributed by atoms with E-state index in [0.717, 1.165) is 6.92 Å². The number of halogens is 6. The lowest BCUT2D eigenvalue weighted by Gasteiger charge is -2.14. The molecule has 0 aliphatic carbocycles. The molecule has 0 amide bonds. The van der Waals surface area contributed by atoms with E-state index in [0.29, 0.717) is 6.07 Å². The van der Waals surface area contributed by atoms with E-state index in [2.05, 4.69) is 9.72 Å². The summed E-state index contributed by atoms with van der Waals surface area (Å²) < 4.78 is 75.6. The van der Waals surface area contributed by atoms with Crippen LogP contribution >= 0.6 is 0 Å². The fourth-order valence-electron chi connectivity index (χ4n) is 1.04. The van der Waals surface area contributed by atoms with Crippen LogP contribution in [0.1, 0.15) is 11.4 Å². The Kier molecular flexibility index (Phi) is 3.13. The second kappa shape index (κ2) is 3.97. The second-order valence-electron chi connectivity index (χ2n) is 3.00. The Labute approximate surface area is 90.6 Å². The lowest BCUT2D eigenvalue weighted by atomic mass is 10.2. The molecule has 17 heavy (non-hydrogen) atoms. The molecular formula is C8H5F6NO2. The average molecular weight is 261 g/mol. The highest BCUT2D eigenvalue weighted by Crippen LogP contribution is 2.41. The van der Waals surface area contributed by atoms with Crippen LogP contribution in [-0.2, 0) is 6.18 Å². The van der Waals surface area contributed by atoms with Gasteiger partial charge in [0, 0.05) is 11.8 Å². The Morgan fingerprint density at radius 1 is 1.18 bits per heavy atom. The van der Waals surface area contributed by atoms with Gasteiger partial charge in [0.25, 0.3) is 0 Å². The second-order valence-corrected chi connectivity index (χ2v) is 3.00. The van der Waals surface area contributed by atoms with Crippen molar-refractivity contribution in [3.63, 3.8) is 0 Å². The molecule has 0 saturated heterocycles. The molecule has 0 fully saturated rings. The standard InChI is InChI=1S/C8H5F6NO2/c1-3-2-4(17-8(12,13)14)5(16)6(15-3)7(9,10)11/h2,16H,1H3. The van der Waals surface area contributed by atoms with Crippen LogP contribution in [0.3, 0.4) is 0 Å². The summed E-state index contributed by atoms with van der Waals surface area (Å²) >= 11 is 0. The maximum atomic E-state index is 12.3. The van der Waals surface area contributed by atoms with Crippen LogP contribution < -0.4 is 4.74 Å². The Bertz CT molecular complexity index is 425. The lowest BCUT2D eigenvalue weighted by Crippen LogP contribution is -2.19. The fraction of sp³-hybridized carbons (Fsp3) is 0.375. The normalized spacial score (nSPS) is 12.6. The molecule has 0 aliphatic heterocycles. The van der Waals surface area contributed by atoms with Crippen molar-refractivity contribution in [2.45, 2.75) is 19.5 Å². The van der Waals surface area contributed by atoms with Gasteiger partial charge in [0.2, 0.25) is 0 Å². The molecule has 1 aromatic rings. The molecule has 1 aromatic heterocycles. The van der Waals surface area contributed by atoms with Gasteiger partial charge in [-0.2, -0.15) is 13.2 Å². The summed E-state index contributed by atoms with van der Waals surface area (Å²) in [6, 6.07) is 0.554. The first-order chi connectivity index (χ1) is 7.50. The average Bonchev–Trinajstić information content (AvgIpc) is 2.06. The van der Waals surface area contributed by atoms with E-state index in [-0.39, 0.29) is 5.69 Å². The molecule has 0 aromatic carbocycles. The third kappa shape index (κ3) is 3.40. The number of aryl methyl sites for hydroxylation is 1. The van der Waals surface area contributed by atoms with Crippen molar-refractivity contribution >= 4 is 0 Å². The smallest absolute Gasteiger partial charge is 0.503 e. The molecule has 0 radical (unpaired) electrons. The highest BCUT2D eigenvalue weighted by atomic mass is 19.4. The zero-order valence-electron chi connectivity index (χ0n) is 8.15. The number of alkyl halides is 6. The van der Waals surface area contributed by atoms with Gasteiger partial charge in [-0.05, 0) is 6.92 Å². The Morgan fingerprint density at radius 3 is 2.12 bits per heavy atom. The molecule has 0 spiro atoms. The summed E-state index contributed by atoms with van der Waals surface area (Å²) in [5, 5.41) is 9.00. The summed E-state index contributed by atoms with van der Waals surface area (Å²) in [5.74, 6) is -3.03. The van der Waals surface area contributed by atoms with Crippen molar-refractivity contribution < 1.29 is 36.2 Å². The first kappa shape index (κ1) is 13.4. The number of hydrogen-bond acceptors (Lipinski definition) is 3. The van der Waals surface area contributed by atoms with Gasteiger partial charge >= 0.3 is 12.5 Å². The molecule has 9 heteroatoms. The molecule has 1 heterocycles. The predicted octanol–water partition coefficient (Wildman–Crippen LogP) is 3.01. The molecule has 0 atom stereocenters. The van der Waals surface area contributed by atoms with Crippen LogP contribution in [0.15, 0.2) is 6.07 Å². The molecule has 3 nitrogen and oxygen atoms in total. The van der Waals surface area contributed by atoms with E-state index in [4.69, 9.17) is 5.11 Å². The molecule has 0 aliphatic rings.